The summed E-state index contributed by atoms with van der Waals surface area (Å²) >= 11 is 0. The van der Waals surface area contributed by atoms with Crippen molar-refractivity contribution in [1.82, 2.24) is 5.32 Å². The topological polar surface area (TPSA) is 83.0 Å². The van der Waals surface area contributed by atoms with Gasteiger partial charge >= 0.3 is 15.6 Å². The SMILES string of the molecule is O=S(=O)(Oc1ccc2c(c1N1CCNCC1)C=Nc1ccccc1N2)C(F)(F)F. The van der Waals surface area contributed by atoms with Crippen molar-refractivity contribution in [1.29, 1.82) is 0 Å². The molecule has 2 heterocycles. The normalized spacial score (nSPS) is 16.4. The van der Waals surface area contributed by atoms with Crippen LogP contribution in [0.1, 0.15) is 5.56 Å². The molecule has 0 saturated carbocycles. The second-order valence-corrected chi connectivity index (χ2v) is 8.03. The molecule has 11 heteroatoms. The molecular weight excluding hydrogens is 409 g/mol. The van der Waals surface area contributed by atoms with Crippen LogP contribution in [0, 0.1) is 0 Å². The maximum atomic E-state index is 12.9. The number of fused-ring (bicyclic) bond motifs is 2. The Morgan fingerprint density at radius 3 is 2.48 bits per heavy atom. The molecule has 2 aliphatic heterocycles. The van der Waals surface area contributed by atoms with Crippen molar-refractivity contribution in [3.63, 3.8) is 0 Å². The summed E-state index contributed by atoms with van der Waals surface area (Å²) in [6.45, 7) is 2.14. The maximum Gasteiger partial charge on any atom is 0.534 e. The van der Waals surface area contributed by atoms with Gasteiger partial charge in [-0.1, -0.05) is 12.1 Å². The fourth-order valence-electron chi connectivity index (χ4n) is 3.25. The summed E-state index contributed by atoms with van der Waals surface area (Å²) in [4.78, 5) is 6.20. The predicted molar refractivity (Wildman–Crippen MR) is 104 cm³/mol. The van der Waals surface area contributed by atoms with Crippen molar-refractivity contribution in [3.05, 3.63) is 42.0 Å². The monoisotopic (exact) mass is 426 g/mol. The van der Waals surface area contributed by atoms with E-state index in [1.165, 1.54) is 18.3 Å². The molecule has 2 aromatic rings. The van der Waals surface area contributed by atoms with E-state index < -0.39 is 15.6 Å². The molecule has 29 heavy (non-hydrogen) atoms. The number of hydrogen-bond acceptors (Lipinski definition) is 7. The second-order valence-electron chi connectivity index (χ2n) is 6.49. The fraction of sp³-hybridized carbons (Fsp3) is 0.278. The number of alkyl halides is 3. The maximum absolute atomic E-state index is 12.9. The van der Waals surface area contributed by atoms with E-state index in [0.717, 1.165) is 5.69 Å². The molecule has 0 radical (unpaired) electrons. The van der Waals surface area contributed by atoms with E-state index in [1.54, 1.807) is 11.0 Å². The first-order valence-corrected chi connectivity index (χ1v) is 10.2. The molecule has 4 rings (SSSR count). The zero-order valence-electron chi connectivity index (χ0n) is 15.0. The lowest BCUT2D eigenvalue weighted by molar-refractivity contribution is -0.0499. The first-order chi connectivity index (χ1) is 13.8. The first-order valence-electron chi connectivity index (χ1n) is 8.80. The van der Waals surface area contributed by atoms with E-state index in [9.17, 15) is 21.6 Å². The van der Waals surface area contributed by atoms with Gasteiger partial charge in [-0.3, -0.25) is 4.99 Å². The smallest absolute Gasteiger partial charge is 0.374 e. The summed E-state index contributed by atoms with van der Waals surface area (Å²) in [5.74, 6) is -0.387. The molecule has 0 spiro atoms. The van der Waals surface area contributed by atoms with Crippen molar-refractivity contribution >= 4 is 39.1 Å². The number of rotatable bonds is 3. The van der Waals surface area contributed by atoms with Crippen LogP contribution in [0.25, 0.3) is 0 Å². The number of nitrogens with zero attached hydrogens (tertiary/aromatic N) is 2. The Bertz CT molecular complexity index is 1060. The van der Waals surface area contributed by atoms with Crippen molar-refractivity contribution in [3.8, 4) is 5.75 Å². The van der Waals surface area contributed by atoms with E-state index in [-0.39, 0.29) is 11.4 Å². The van der Waals surface area contributed by atoms with Crippen LogP contribution in [0.4, 0.5) is 35.9 Å². The van der Waals surface area contributed by atoms with Crippen molar-refractivity contribution in [2.45, 2.75) is 5.51 Å². The molecule has 0 aliphatic carbocycles. The second kappa shape index (κ2) is 7.23. The molecule has 7 nitrogen and oxygen atoms in total. The van der Waals surface area contributed by atoms with Crippen LogP contribution in [-0.4, -0.2) is 46.3 Å². The Hall–Kier alpha value is -2.79. The molecule has 1 fully saturated rings. The molecule has 0 amide bonds. The number of benzene rings is 2. The van der Waals surface area contributed by atoms with Gasteiger partial charge in [0.25, 0.3) is 0 Å². The van der Waals surface area contributed by atoms with Gasteiger partial charge in [0.15, 0.2) is 5.75 Å². The Morgan fingerprint density at radius 1 is 1.03 bits per heavy atom. The van der Waals surface area contributed by atoms with Crippen molar-refractivity contribution < 1.29 is 25.8 Å². The van der Waals surface area contributed by atoms with Crippen LogP contribution in [-0.2, 0) is 10.1 Å². The van der Waals surface area contributed by atoms with Gasteiger partial charge in [0.05, 0.1) is 17.1 Å². The highest BCUT2D eigenvalue weighted by Crippen LogP contribution is 2.42. The van der Waals surface area contributed by atoms with Gasteiger partial charge < -0.3 is 19.7 Å². The quantitative estimate of drug-likeness (QED) is 0.495. The van der Waals surface area contributed by atoms with Crippen LogP contribution in [0.15, 0.2) is 41.4 Å². The minimum absolute atomic E-state index is 0.251. The molecule has 154 valence electrons. The number of piperazine rings is 1. The number of halogens is 3. The number of anilines is 3. The Kier molecular flexibility index (Phi) is 4.87. The van der Waals surface area contributed by atoms with Crippen LogP contribution < -0.4 is 19.7 Å². The fourth-order valence-corrected chi connectivity index (χ4v) is 3.71. The number of nitrogens with one attached hydrogen (secondary N) is 2. The Labute approximate surface area is 165 Å². The third-order valence-electron chi connectivity index (χ3n) is 4.60. The van der Waals surface area contributed by atoms with Gasteiger partial charge in [0.1, 0.15) is 0 Å². The highest BCUT2D eigenvalue weighted by atomic mass is 32.2. The van der Waals surface area contributed by atoms with Gasteiger partial charge in [-0.15, -0.1) is 0 Å². The summed E-state index contributed by atoms with van der Waals surface area (Å²) < 4.78 is 66.5. The summed E-state index contributed by atoms with van der Waals surface area (Å²) in [7, 11) is -5.81. The molecule has 0 aromatic heterocycles. The summed E-state index contributed by atoms with van der Waals surface area (Å²) in [6, 6.07) is 9.97. The largest absolute Gasteiger partial charge is 0.534 e. The molecule has 0 unspecified atom stereocenters. The molecule has 0 atom stereocenters. The highest BCUT2D eigenvalue weighted by molar-refractivity contribution is 7.88. The summed E-state index contributed by atoms with van der Waals surface area (Å²) in [5.41, 5.74) is -2.85. The molecule has 2 aliphatic rings. The van der Waals surface area contributed by atoms with Crippen molar-refractivity contribution in [2.75, 3.05) is 36.4 Å². The first kappa shape index (κ1) is 19.5. The Balaban J connectivity index is 1.85. The third-order valence-corrected chi connectivity index (χ3v) is 5.57. The third kappa shape index (κ3) is 3.75. The van der Waals surface area contributed by atoms with Gasteiger partial charge in [-0.05, 0) is 24.3 Å². The van der Waals surface area contributed by atoms with Crippen molar-refractivity contribution in [2.24, 2.45) is 4.99 Å². The standard InChI is InChI=1S/C18H17F3N4O3S/c19-18(20,21)29(26,27)28-16-6-5-13-12(17(16)25-9-7-22-8-10-25)11-23-14-3-1-2-4-15(14)24-13/h1-6,11,22,24H,7-10H2. The van der Waals surface area contributed by atoms with Gasteiger partial charge in [-0.2, -0.15) is 21.6 Å². The van der Waals surface area contributed by atoms with Gasteiger partial charge in [0, 0.05) is 43.6 Å². The zero-order valence-corrected chi connectivity index (χ0v) is 15.8. The van der Waals surface area contributed by atoms with E-state index in [4.69, 9.17) is 0 Å². The van der Waals surface area contributed by atoms with E-state index in [1.807, 2.05) is 18.2 Å². The van der Waals surface area contributed by atoms with Gasteiger partial charge in [-0.25, -0.2) is 0 Å². The summed E-state index contributed by atoms with van der Waals surface area (Å²) in [6.07, 6.45) is 1.51. The molecule has 1 saturated heterocycles. The minimum Gasteiger partial charge on any atom is -0.374 e. The zero-order chi connectivity index (χ0) is 20.6. The lowest BCUT2D eigenvalue weighted by atomic mass is 10.1. The molecular formula is C18H17F3N4O3S. The van der Waals surface area contributed by atoms with E-state index in [0.29, 0.717) is 43.1 Å². The number of aliphatic imine (C=N–C) groups is 1. The predicted octanol–water partition coefficient (Wildman–Crippen LogP) is 3.13. The molecule has 2 N–H and O–H groups in total. The van der Waals surface area contributed by atoms with Crippen LogP contribution in [0.2, 0.25) is 0 Å². The number of hydrogen-bond donors (Lipinski definition) is 2. The lowest BCUT2D eigenvalue weighted by Crippen LogP contribution is -2.44. The molecule has 0 bridgehead atoms. The average Bonchev–Trinajstić information content (AvgIpc) is 2.87. The van der Waals surface area contributed by atoms with Gasteiger partial charge in [0.2, 0.25) is 0 Å². The van der Waals surface area contributed by atoms with Crippen LogP contribution in [0.5, 0.6) is 5.75 Å². The highest BCUT2D eigenvalue weighted by Gasteiger charge is 2.49. The average molecular weight is 426 g/mol. The van der Waals surface area contributed by atoms with Crippen LogP contribution in [0.3, 0.4) is 0 Å². The van der Waals surface area contributed by atoms with E-state index in [2.05, 4.69) is 19.8 Å². The number of para-hydroxylation sites is 2. The summed E-state index contributed by atoms with van der Waals surface area (Å²) in [5, 5.41) is 6.36. The Morgan fingerprint density at radius 2 is 1.76 bits per heavy atom. The van der Waals surface area contributed by atoms with E-state index >= 15 is 0 Å². The van der Waals surface area contributed by atoms with Crippen LogP contribution >= 0.6 is 0 Å². The molecule has 2 aromatic carbocycles. The lowest BCUT2D eigenvalue weighted by Gasteiger charge is -2.32. The minimum atomic E-state index is -5.81.